The maximum Gasteiger partial charge on any atom is 0.337 e. The van der Waals surface area contributed by atoms with Gasteiger partial charge in [0.1, 0.15) is 5.60 Å². The van der Waals surface area contributed by atoms with Gasteiger partial charge in [-0.25, -0.2) is 4.79 Å². The predicted octanol–water partition coefficient (Wildman–Crippen LogP) is 4.31. The van der Waals surface area contributed by atoms with Crippen LogP contribution < -0.4 is 0 Å². The number of aliphatic hydroxyl groups excluding tert-OH is 1. The highest BCUT2D eigenvalue weighted by Crippen LogP contribution is 2.40. The monoisotopic (exact) mass is 390 g/mol. The largest absolute Gasteiger partial charge is 0.464 e. The van der Waals surface area contributed by atoms with Crippen molar-refractivity contribution in [2.75, 3.05) is 13.2 Å². The summed E-state index contributed by atoms with van der Waals surface area (Å²) in [5.74, 6) is -0.671. The molecule has 0 amide bonds. The predicted molar refractivity (Wildman–Crippen MR) is 112 cm³/mol. The van der Waals surface area contributed by atoms with Gasteiger partial charge in [-0.2, -0.15) is 0 Å². The van der Waals surface area contributed by atoms with Gasteiger partial charge in [0.15, 0.2) is 6.10 Å². The second-order valence-electron chi connectivity index (χ2n) is 6.77. The van der Waals surface area contributed by atoms with E-state index in [0.717, 1.165) is 16.7 Å². The molecule has 0 saturated heterocycles. The molecule has 4 heteroatoms. The first-order valence-electron chi connectivity index (χ1n) is 9.83. The van der Waals surface area contributed by atoms with Crippen molar-refractivity contribution in [3.05, 3.63) is 108 Å². The minimum atomic E-state index is -1.36. The highest BCUT2D eigenvalue weighted by Gasteiger charge is 2.38. The van der Waals surface area contributed by atoms with Crippen LogP contribution >= 0.6 is 0 Å². The zero-order valence-electron chi connectivity index (χ0n) is 16.5. The first kappa shape index (κ1) is 20.8. The Morgan fingerprint density at radius 3 is 1.62 bits per heavy atom. The van der Waals surface area contributed by atoms with Gasteiger partial charge in [0.05, 0.1) is 13.2 Å². The molecule has 3 aromatic rings. The molecule has 3 rings (SSSR count). The van der Waals surface area contributed by atoms with Gasteiger partial charge in [0, 0.05) is 0 Å². The Bertz CT molecular complexity index is 782. The molecular weight excluding hydrogens is 364 g/mol. The average molecular weight is 390 g/mol. The Morgan fingerprint density at radius 1 is 0.828 bits per heavy atom. The van der Waals surface area contributed by atoms with E-state index in [-0.39, 0.29) is 13.2 Å². The number of ether oxygens (including phenoxy) is 2. The average Bonchev–Trinajstić information content (AvgIpc) is 2.80. The summed E-state index contributed by atoms with van der Waals surface area (Å²) in [6, 6.07) is 29.5. The van der Waals surface area contributed by atoms with Crippen LogP contribution in [0.25, 0.3) is 0 Å². The molecule has 4 nitrogen and oxygen atoms in total. The molecule has 0 aliphatic carbocycles. The summed E-state index contributed by atoms with van der Waals surface area (Å²) in [6.45, 7) is 1.99. The van der Waals surface area contributed by atoms with E-state index in [9.17, 15) is 9.90 Å². The van der Waals surface area contributed by atoms with Gasteiger partial charge in [0.25, 0.3) is 0 Å². The van der Waals surface area contributed by atoms with Crippen molar-refractivity contribution in [1.82, 2.24) is 0 Å². The van der Waals surface area contributed by atoms with Crippen LogP contribution in [0.1, 0.15) is 30.0 Å². The Balaban J connectivity index is 2.04. The van der Waals surface area contributed by atoms with Crippen LogP contribution in [0.2, 0.25) is 0 Å². The maximum atomic E-state index is 12.1. The quantitative estimate of drug-likeness (QED) is 0.437. The van der Waals surface area contributed by atoms with E-state index < -0.39 is 17.7 Å². The molecule has 0 spiro atoms. The number of esters is 1. The summed E-state index contributed by atoms with van der Waals surface area (Å²) in [4.78, 5) is 12.1. The number of carbonyl (C=O) groups excluding carboxylic acids is 1. The third kappa shape index (κ3) is 4.73. The summed E-state index contributed by atoms with van der Waals surface area (Å²) in [5, 5.41) is 10.3. The van der Waals surface area contributed by atoms with Gasteiger partial charge in [-0.15, -0.1) is 0 Å². The molecule has 29 heavy (non-hydrogen) atoms. The Kier molecular flexibility index (Phi) is 7.17. The molecular formula is C25H26O4. The van der Waals surface area contributed by atoms with Crippen molar-refractivity contribution in [3.8, 4) is 0 Å². The fourth-order valence-electron chi connectivity index (χ4n) is 3.34. The Hall–Kier alpha value is -2.95. The fraction of sp³-hybridized carbons (Fsp3) is 0.240. The zero-order chi connectivity index (χ0) is 20.5. The molecule has 0 aliphatic heterocycles. The zero-order valence-corrected chi connectivity index (χ0v) is 16.5. The second-order valence-corrected chi connectivity index (χ2v) is 6.77. The van der Waals surface area contributed by atoms with Gasteiger partial charge in [0.2, 0.25) is 0 Å². The van der Waals surface area contributed by atoms with Crippen LogP contribution in [0, 0.1) is 0 Å². The van der Waals surface area contributed by atoms with Crippen LogP contribution in [0.5, 0.6) is 0 Å². The van der Waals surface area contributed by atoms with Crippen molar-refractivity contribution in [2.24, 2.45) is 0 Å². The third-order valence-electron chi connectivity index (χ3n) is 4.72. The standard InChI is InChI=1S/C25H26O4/c1-2-18-28-24(27)23(26)19-29-25(20-12-6-3-7-13-20,21-14-8-4-9-15-21)22-16-10-5-11-17-22/h3-17,23,26H,2,18-19H2,1H3. The topological polar surface area (TPSA) is 55.8 Å². The van der Waals surface area contributed by atoms with Crippen LogP contribution in [-0.4, -0.2) is 30.4 Å². The van der Waals surface area contributed by atoms with E-state index in [0.29, 0.717) is 6.42 Å². The van der Waals surface area contributed by atoms with Crippen molar-refractivity contribution < 1.29 is 19.4 Å². The van der Waals surface area contributed by atoms with Crippen LogP contribution in [0.15, 0.2) is 91.0 Å². The van der Waals surface area contributed by atoms with Crippen LogP contribution in [0.3, 0.4) is 0 Å². The molecule has 0 aromatic heterocycles. The number of hydrogen-bond donors (Lipinski definition) is 1. The normalized spacial score (nSPS) is 12.3. The lowest BCUT2D eigenvalue weighted by atomic mass is 9.80. The Labute approximate surface area is 171 Å². The molecule has 0 radical (unpaired) electrons. The van der Waals surface area contributed by atoms with E-state index >= 15 is 0 Å². The van der Waals surface area contributed by atoms with Crippen molar-refractivity contribution in [2.45, 2.75) is 25.0 Å². The summed E-state index contributed by atoms with van der Waals surface area (Å²) in [7, 11) is 0. The van der Waals surface area contributed by atoms with Crippen molar-refractivity contribution >= 4 is 5.97 Å². The van der Waals surface area contributed by atoms with E-state index in [1.54, 1.807) is 0 Å². The molecule has 0 aliphatic rings. The maximum absolute atomic E-state index is 12.1. The van der Waals surface area contributed by atoms with Crippen LogP contribution in [-0.2, 0) is 19.9 Å². The summed E-state index contributed by atoms with van der Waals surface area (Å²) < 4.78 is 11.5. The van der Waals surface area contributed by atoms with Gasteiger partial charge in [-0.3, -0.25) is 0 Å². The number of rotatable bonds is 9. The summed E-state index contributed by atoms with van der Waals surface area (Å²) in [6.07, 6.45) is -0.668. The SMILES string of the molecule is CCCOC(=O)C(O)COC(c1ccccc1)(c1ccccc1)c1ccccc1. The molecule has 0 heterocycles. The van der Waals surface area contributed by atoms with E-state index in [2.05, 4.69) is 0 Å². The molecule has 0 bridgehead atoms. The van der Waals surface area contributed by atoms with E-state index in [1.807, 2.05) is 97.9 Å². The Morgan fingerprint density at radius 2 is 1.24 bits per heavy atom. The van der Waals surface area contributed by atoms with Gasteiger partial charge in [-0.1, -0.05) is 97.9 Å². The van der Waals surface area contributed by atoms with Gasteiger partial charge < -0.3 is 14.6 Å². The first-order valence-corrected chi connectivity index (χ1v) is 9.83. The lowest BCUT2D eigenvalue weighted by Gasteiger charge is -2.36. The van der Waals surface area contributed by atoms with Gasteiger partial charge in [-0.05, 0) is 23.1 Å². The molecule has 150 valence electrons. The fourth-order valence-corrected chi connectivity index (χ4v) is 3.34. The molecule has 1 unspecified atom stereocenters. The lowest BCUT2D eigenvalue weighted by Crippen LogP contribution is -2.38. The third-order valence-corrected chi connectivity index (χ3v) is 4.72. The second kappa shape index (κ2) is 10.0. The molecule has 0 fully saturated rings. The minimum absolute atomic E-state index is 0.193. The number of aliphatic hydroxyl groups is 1. The summed E-state index contributed by atoms with van der Waals surface area (Å²) in [5.41, 5.74) is 1.75. The molecule has 1 N–H and O–H groups in total. The first-order chi connectivity index (χ1) is 14.2. The smallest absolute Gasteiger partial charge is 0.337 e. The lowest BCUT2D eigenvalue weighted by molar-refractivity contribution is -0.159. The highest BCUT2D eigenvalue weighted by molar-refractivity contribution is 5.74. The number of carbonyl (C=O) groups is 1. The highest BCUT2D eigenvalue weighted by atomic mass is 16.6. The molecule has 3 aromatic carbocycles. The van der Waals surface area contributed by atoms with Crippen molar-refractivity contribution in [3.63, 3.8) is 0 Å². The number of hydrogen-bond acceptors (Lipinski definition) is 4. The summed E-state index contributed by atoms with van der Waals surface area (Å²) >= 11 is 0. The molecule has 0 saturated carbocycles. The van der Waals surface area contributed by atoms with Crippen LogP contribution in [0.4, 0.5) is 0 Å². The van der Waals surface area contributed by atoms with Gasteiger partial charge >= 0.3 is 5.97 Å². The minimum Gasteiger partial charge on any atom is -0.464 e. The van der Waals surface area contributed by atoms with E-state index in [4.69, 9.17) is 9.47 Å². The molecule has 1 atom stereocenters. The van der Waals surface area contributed by atoms with Crippen molar-refractivity contribution in [1.29, 1.82) is 0 Å². The number of benzene rings is 3. The van der Waals surface area contributed by atoms with E-state index in [1.165, 1.54) is 0 Å².